The molecular weight excluding hydrogens is 348 g/mol. The van der Waals surface area contributed by atoms with Crippen LogP contribution in [0.5, 0.6) is 0 Å². The number of benzene rings is 2. The Morgan fingerprint density at radius 3 is 2.42 bits per heavy atom. The van der Waals surface area contributed by atoms with Gasteiger partial charge in [0, 0.05) is 22.9 Å². The summed E-state index contributed by atoms with van der Waals surface area (Å²) < 4.78 is 0. The minimum absolute atomic E-state index is 0.0515. The standard InChI is InChI=1S/C17H17ClN2O3S/c1-12(14-4-6-15(18)7-5-14)19-17(21)11-24-10-13-2-8-16(9-3-13)20(22)23/h2-9,12H,10-11H2,1H3,(H,19,21)/t12-/m1/s1. The quantitative estimate of drug-likeness (QED) is 0.585. The second kappa shape index (κ2) is 8.70. The summed E-state index contributed by atoms with van der Waals surface area (Å²) in [5.41, 5.74) is 2.01. The number of nitrogens with one attached hydrogen (secondary N) is 1. The lowest BCUT2D eigenvalue weighted by molar-refractivity contribution is -0.384. The van der Waals surface area contributed by atoms with Crippen molar-refractivity contribution in [2.24, 2.45) is 0 Å². The molecule has 0 heterocycles. The molecule has 1 amide bonds. The highest BCUT2D eigenvalue weighted by Gasteiger charge is 2.10. The van der Waals surface area contributed by atoms with Crippen molar-refractivity contribution in [3.05, 3.63) is 74.8 Å². The van der Waals surface area contributed by atoms with Gasteiger partial charge in [0.1, 0.15) is 0 Å². The van der Waals surface area contributed by atoms with E-state index in [0.29, 0.717) is 16.5 Å². The Morgan fingerprint density at radius 2 is 1.83 bits per heavy atom. The number of nitro benzene ring substituents is 1. The predicted molar refractivity (Wildman–Crippen MR) is 97.3 cm³/mol. The van der Waals surface area contributed by atoms with Crippen LogP contribution in [0.4, 0.5) is 5.69 Å². The molecule has 0 aliphatic heterocycles. The number of carbonyl (C=O) groups excluding carboxylic acids is 1. The Labute approximate surface area is 149 Å². The zero-order valence-corrected chi connectivity index (χ0v) is 14.6. The van der Waals surface area contributed by atoms with Gasteiger partial charge in [0.05, 0.1) is 16.7 Å². The smallest absolute Gasteiger partial charge is 0.269 e. The molecule has 24 heavy (non-hydrogen) atoms. The van der Waals surface area contributed by atoms with Gasteiger partial charge in [0.15, 0.2) is 0 Å². The van der Waals surface area contributed by atoms with Gasteiger partial charge in [-0.15, -0.1) is 11.8 Å². The van der Waals surface area contributed by atoms with Crippen molar-refractivity contribution < 1.29 is 9.72 Å². The zero-order valence-electron chi connectivity index (χ0n) is 13.1. The third-order valence-electron chi connectivity index (χ3n) is 3.40. The first kappa shape index (κ1) is 18.3. The minimum Gasteiger partial charge on any atom is -0.349 e. The molecular formula is C17H17ClN2O3S. The molecule has 5 nitrogen and oxygen atoms in total. The first-order chi connectivity index (χ1) is 11.5. The fourth-order valence-corrected chi connectivity index (χ4v) is 3.02. The van der Waals surface area contributed by atoms with Crippen LogP contribution in [0.1, 0.15) is 24.1 Å². The molecule has 0 unspecified atom stereocenters. The second-order valence-electron chi connectivity index (χ2n) is 5.26. The topological polar surface area (TPSA) is 72.2 Å². The maximum absolute atomic E-state index is 12.0. The summed E-state index contributed by atoms with van der Waals surface area (Å²) in [6.45, 7) is 1.92. The van der Waals surface area contributed by atoms with Crippen molar-refractivity contribution in [2.75, 3.05) is 5.75 Å². The predicted octanol–water partition coefficient (Wildman–Crippen LogP) is 4.36. The van der Waals surface area contributed by atoms with Crippen molar-refractivity contribution in [3.8, 4) is 0 Å². The Morgan fingerprint density at radius 1 is 1.21 bits per heavy atom. The van der Waals surface area contributed by atoms with Crippen molar-refractivity contribution in [2.45, 2.75) is 18.7 Å². The summed E-state index contributed by atoms with van der Waals surface area (Å²) in [5, 5.41) is 14.2. The van der Waals surface area contributed by atoms with Crippen LogP contribution in [0.15, 0.2) is 48.5 Å². The molecule has 0 saturated heterocycles. The van der Waals surface area contributed by atoms with Gasteiger partial charge in [0.25, 0.3) is 5.69 Å². The number of thioether (sulfide) groups is 1. The van der Waals surface area contributed by atoms with E-state index in [9.17, 15) is 14.9 Å². The van der Waals surface area contributed by atoms with Gasteiger partial charge in [-0.05, 0) is 30.2 Å². The average molecular weight is 365 g/mol. The molecule has 2 rings (SSSR count). The molecule has 1 atom stereocenters. The lowest BCUT2D eigenvalue weighted by Gasteiger charge is -2.14. The molecule has 0 spiro atoms. The Kier molecular flexibility index (Phi) is 6.63. The first-order valence-electron chi connectivity index (χ1n) is 7.31. The van der Waals surface area contributed by atoms with Crippen LogP contribution in [0.25, 0.3) is 0 Å². The number of carbonyl (C=O) groups is 1. The minimum atomic E-state index is -0.428. The van der Waals surface area contributed by atoms with Gasteiger partial charge in [-0.1, -0.05) is 35.9 Å². The number of nitrogens with zero attached hydrogens (tertiary/aromatic N) is 1. The van der Waals surface area contributed by atoms with Crippen molar-refractivity contribution in [1.29, 1.82) is 0 Å². The fraction of sp³-hybridized carbons (Fsp3) is 0.235. The summed E-state index contributed by atoms with van der Waals surface area (Å²) in [4.78, 5) is 22.1. The van der Waals surface area contributed by atoms with E-state index in [-0.39, 0.29) is 17.6 Å². The Bertz CT molecular complexity index is 705. The third kappa shape index (κ3) is 5.54. The molecule has 7 heteroatoms. The van der Waals surface area contributed by atoms with Gasteiger partial charge < -0.3 is 5.32 Å². The molecule has 0 aliphatic rings. The van der Waals surface area contributed by atoms with Crippen LogP contribution in [0.3, 0.4) is 0 Å². The fourth-order valence-electron chi connectivity index (χ4n) is 2.09. The monoisotopic (exact) mass is 364 g/mol. The highest BCUT2D eigenvalue weighted by Crippen LogP contribution is 2.18. The van der Waals surface area contributed by atoms with E-state index in [1.54, 1.807) is 24.3 Å². The van der Waals surface area contributed by atoms with E-state index < -0.39 is 4.92 Å². The second-order valence-corrected chi connectivity index (χ2v) is 6.68. The number of nitro groups is 1. The number of non-ortho nitro benzene ring substituents is 1. The zero-order chi connectivity index (χ0) is 17.5. The van der Waals surface area contributed by atoms with Crippen molar-refractivity contribution in [3.63, 3.8) is 0 Å². The molecule has 0 fully saturated rings. The number of hydrogen-bond donors (Lipinski definition) is 1. The van der Waals surface area contributed by atoms with Gasteiger partial charge in [-0.2, -0.15) is 0 Å². The number of halogens is 1. The van der Waals surface area contributed by atoms with E-state index in [1.165, 1.54) is 23.9 Å². The molecule has 2 aromatic rings. The average Bonchev–Trinajstić information content (AvgIpc) is 2.55. The van der Waals surface area contributed by atoms with Crippen LogP contribution in [-0.2, 0) is 10.5 Å². The number of hydrogen-bond acceptors (Lipinski definition) is 4. The van der Waals surface area contributed by atoms with Crippen LogP contribution < -0.4 is 5.32 Å². The molecule has 126 valence electrons. The largest absolute Gasteiger partial charge is 0.349 e. The number of amides is 1. The molecule has 2 aromatic carbocycles. The van der Waals surface area contributed by atoms with E-state index in [2.05, 4.69) is 5.32 Å². The van der Waals surface area contributed by atoms with Crippen LogP contribution in [-0.4, -0.2) is 16.6 Å². The van der Waals surface area contributed by atoms with Crippen LogP contribution in [0.2, 0.25) is 5.02 Å². The SMILES string of the molecule is C[C@@H](NC(=O)CSCc1ccc([N+](=O)[O-])cc1)c1ccc(Cl)cc1. The maximum Gasteiger partial charge on any atom is 0.269 e. The Hall–Kier alpha value is -2.05. The van der Waals surface area contributed by atoms with Crippen LogP contribution >= 0.6 is 23.4 Å². The van der Waals surface area contributed by atoms with Crippen molar-refractivity contribution in [1.82, 2.24) is 5.32 Å². The highest BCUT2D eigenvalue weighted by molar-refractivity contribution is 7.99. The third-order valence-corrected chi connectivity index (χ3v) is 4.65. The summed E-state index contributed by atoms with van der Waals surface area (Å²) in [7, 11) is 0. The Balaban J connectivity index is 1.76. The van der Waals surface area contributed by atoms with Crippen molar-refractivity contribution >= 4 is 35.0 Å². The van der Waals surface area contributed by atoms with Crippen LogP contribution in [0, 0.1) is 10.1 Å². The molecule has 0 saturated carbocycles. The lowest BCUT2D eigenvalue weighted by Crippen LogP contribution is -2.28. The number of rotatable bonds is 7. The van der Waals surface area contributed by atoms with E-state index in [0.717, 1.165) is 11.1 Å². The summed E-state index contributed by atoms with van der Waals surface area (Å²) in [6, 6.07) is 13.6. The molecule has 0 bridgehead atoms. The molecule has 1 N–H and O–H groups in total. The van der Waals surface area contributed by atoms with Gasteiger partial charge in [-0.25, -0.2) is 0 Å². The maximum atomic E-state index is 12.0. The summed E-state index contributed by atoms with van der Waals surface area (Å²) in [6.07, 6.45) is 0. The first-order valence-corrected chi connectivity index (χ1v) is 8.85. The summed E-state index contributed by atoms with van der Waals surface area (Å²) in [5.74, 6) is 0.903. The van der Waals surface area contributed by atoms with E-state index >= 15 is 0 Å². The van der Waals surface area contributed by atoms with Gasteiger partial charge in [0.2, 0.25) is 5.91 Å². The van der Waals surface area contributed by atoms with E-state index in [1.807, 2.05) is 19.1 Å². The highest BCUT2D eigenvalue weighted by atomic mass is 35.5. The molecule has 0 aromatic heterocycles. The van der Waals surface area contributed by atoms with Gasteiger partial charge in [-0.3, -0.25) is 14.9 Å². The molecule has 0 radical (unpaired) electrons. The van der Waals surface area contributed by atoms with Gasteiger partial charge >= 0.3 is 0 Å². The van der Waals surface area contributed by atoms with E-state index in [4.69, 9.17) is 11.6 Å². The molecule has 0 aliphatic carbocycles. The normalized spacial score (nSPS) is 11.8. The lowest BCUT2D eigenvalue weighted by atomic mass is 10.1. The summed E-state index contributed by atoms with van der Waals surface area (Å²) >= 11 is 7.31.